The minimum absolute atomic E-state index is 0.131. The quantitative estimate of drug-likeness (QED) is 0.568. The molecule has 2 aromatic carbocycles. The van der Waals surface area contributed by atoms with Gasteiger partial charge < -0.3 is 14.5 Å². The molecule has 1 fully saturated rings. The van der Waals surface area contributed by atoms with Gasteiger partial charge in [0.1, 0.15) is 11.8 Å². The molecule has 1 heterocycles. The van der Waals surface area contributed by atoms with Crippen LogP contribution in [0.5, 0.6) is 5.75 Å². The molecule has 4 rings (SSSR count). The van der Waals surface area contributed by atoms with Gasteiger partial charge in [0.15, 0.2) is 5.76 Å². The van der Waals surface area contributed by atoms with Gasteiger partial charge in [0.25, 0.3) is 5.91 Å². The van der Waals surface area contributed by atoms with Gasteiger partial charge >= 0.3 is 0 Å². The lowest BCUT2D eigenvalue weighted by Gasteiger charge is -2.32. The molecule has 0 aliphatic heterocycles. The highest BCUT2D eigenvalue weighted by Gasteiger charge is 2.35. The summed E-state index contributed by atoms with van der Waals surface area (Å²) in [7, 11) is 1.59. The first-order valence-corrected chi connectivity index (χ1v) is 10.9. The van der Waals surface area contributed by atoms with E-state index >= 15 is 0 Å². The first-order chi connectivity index (χ1) is 15.6. The molecule has 0 unspecified atom stereocenters. The van der Waals surface area contributed by atoms with E-state index in [9.17, 15) is 9.59 Å². The lowest BCUT2D eigenvalue weighted by molar-refractivity contribution is -0.123. The molecule has 1 atom stereocenters. The van der Waals surface area contributed by atoms with E-state index in [1.165, 1.54) is 11.2 Å². The van der Waals surface area contributed by atoms with Crippen molar-refractivity contribution < 1.29 is 18.7 Å². The Morgan fingerprint density at radius 2 is 1.72 bits per heavy atom. The van der Waals surface area contributed by atoms with E-state index in [4.69, 9.17) is 9.15 Å². The van der Waals surface area contributed by atoms with E-state index in [-0.39, 0.29) is 23.6 Å². The van der Waals surface area contributed by atoms with E-state index in [1.807, 2.05) is 31.2 Å². The Balaban J connectivity index is 1.79. The molecule has 0 spiro atoms. The van der Waals surface area contributed by atoms with Crippen molar-refractivity contribution >= 4 is 17.5 Å². The first-order valence-electron chi connectivity index (χ1n) is 10.9. The predicted molar refractivity (Wildman–Crippen MR) is 123 cm³/mol. The van der Waals surface area contributed by atoms with E-state index in [0.717, 1.165) is 36.8 Å². The van der Waals surface area contributed by atoms with Crippen LogP contribution in [0.3, 0.4) is 0 Å². The summed E-state index contributed by atoms with van der Waals surface area (Å²) in [6, 6.07) is 17.4. The number of furan rings is 1. The molecule has 6 nitrogen and oxygen atoms in total. The number of hydrogen-bond donors (Lipinski definition) is 1. The fraction of sp³-hybridized carbons (Fsp3) is 0.308. The maximum absolute atomic E-state index is 13.6. The molecule has 0 bridgehead atoms. The number of aryl methyl sites for hydroxylation is 1. The number of benzene rings is 2. The maximum atomic E-state index is 13.6. The van der Waals surface area contributed by atoms with Crippen LogP contribution >= 0.6 is 0 Å². The van der Waals surface area contributed by atoms with E-state index in [1.54, 1.807) is 43.5 Å². The maximum Gasteiger partial charge on any atom is 0.294 e. The second-order valence-electron chi connectivity index (χ2n) is 8.15. The molecule has 166 valence electrons. The summed E-state index contributed by atoms with van der Waals surface area (Å²) in [6.45, 7) is 1.99. The number of hydrogen-bond acceptors (Lipinski definition) is 4. The Morgan fingerprint density at radius 3 is 2.31 bits per heavy atom. The van der Waals surface area contributed by atoms with Crippen molar-refractivity contribution in [2.45, 2.75) is 44.7 Å². The van der Waals surface area contributed by atoms with Crippen LogP contribution in [0.4, 0.5) is 5.69 Å². The normalized spacial score (nSPS) is 14.7. The van der Waals surface area contributed by atoms with Gasteiger partial charge in [0.05, 0.1) is 13.4 Å². The van der Waals surface area contributed by atoms with E-state index in [2.05, 4.69) is 5.32 Å². The molecule has 0 radical (unpaired) electrons. The Bertz CT molecular complexity index is 1040. The fourth-order valence-electron chi connectivity index (χ4n) is 4.16. The van der Waals surface area contributed by atoms with Gasteiger partial charge in [0.2, 0.25) is 5.91 Å². The number of anilines is 1. The third-order valence-electron chi connectivity index (χ3n) is 5.90. The highest BCUT2D eigenvalue weighted by Crippen LogP contribution is 2.32. The molecule has 6 heteroatoms. The van der Waals surface area contributed by atoms with Crippen LogP contribution in [0.15, 0.2) is 71.3 Å². The van der Waals surface area contributed by atoms with Gasteiger partial charge in [-0.1, -0.05) is 42.7 Å². The number of rotatable bonds is 7. The number of ether oxygens (including phenoxy) is 1. The highest BCUT2D eigenvalue weighted by atomic mass is 16.5. The predicted octanol–water partition coefficient (Wildman–Crippen LogP) is 5.04. The lowest BCUT2D eigenvalue weighted by Crippen LogP contribution is -2.46. The lowest BCUT2D eigenvalue weighted by atomic mass is 10.0. The van der Waals surface area contributed by atoms with Gasteiger partial charge in [-0.3, -0.25) is 14.5 Å². The van der Waals surface area contributed by atoms with Crippen LogP contribution in [0, 0.1) is 6.92 Å². The monoisotopic (exact) mass is 432 g/mol. The van der Waals surface area contributed by atoms with Crippen LogP contribution in [-0.4, -0.2) is 25.0 Å². The third-order valence-corrected chi connectivity index (χ3v) is 5.90. The molecule has 2 amide bonds. The summed E-state index contributed by atoms with van der Waals surface area (Å²) >= 11 is 0. The summed E-state index contributed by atoms with van der Waals surface area (Å²) in [4.78, 5) is 28.7. The number of methoxy groups -OCH3 is 1. The second kappa shape index (κ2) is 9.73. The minimum atomic E-state index is -0.845. The molecule has 1 aliphatic carbocycles. The zero-order valence-corrected chi connectivity index (χ0v) is 18.4. The van der Waals surface area contributed by atoms with Crippen molar-refractivity contribution in [3.05, 3.63) is 83.8 Å². The minimum Gasteiger partial charge on any atom is -0.497 e. The van der Waals surface area contributed by atoms with Crippen LogP contribution in [0.2, 0.25) is 0 Å². The van der Waals surface area contributed by atoms with Crippen LogP contribution in [0.1, 0.15) is 53.4 Å². The van der Waals surface area contributed by atoms with Crippen molar-refractivity contribution in [3.8, 4) is 5.75 Å². The number of nitrogens with one attached hydrogen (secondary N) is 1. The van der Waals surface area contributed by atoms with Crippen LogP contribution in [-0.2, 0) is 4.79 Å². The van der Waals surface area contributed by atoms with Crippen LogP contribution in [0.25, 0.3) is 0 Å². The zero-order chi connectivity index (χ0) is 22.5. The van der Waals surface area contributed by atoms with Crippen molar-refractivity contribution in [3.63, 3.8) is 0 Å². The zero-order valence-electron chi connectivity index (χ0n) is 18.4. The first kappa shape index (κ1) is 21.7. The average Bonchev–Trinajstić information content (AvgIpc) is 3.52. The van der Waals surface area contributed by atoms with Crippen LogP contribution < -0.4 is 15.0 Å². The van der Waals surface area contributed by atoms with Crippen molar-refractivity contribution in [2.24, 2.45) is 0 Å². The summed E-state index contributed by atoms with van der Waals surface area (Å²) < 4.78 is 10.7. The van der Waals surface area contributed by atoms with Crippen molar-refractivity contribution in [2.75, 3.05) is 12.0 Å². The molecule has 32 heavy (non-hydrogen) atoms. The van der Waals surface area contributed by atoms with Gasteiger partial charge in [-0.05, 0) is 61.7 Å². The van der Waals surface area contributed by atoms with Gasteiger partial charge in [-0.15, -0.1) is 0 Å². The molecular weight excluding hydrogens is 404 g/mol. The Kier molecular flexibility index (Phi) is 6.59. The fourth-order valence-corrected chi connectivity index (χ4v) is 4.16. The van der Waals surface area contributed by atoms with Gasteiger partial charge in [-0.2, -0.15) is 0 Å². The second-order valence-corrected chi connectivity index (χ2v) is 8.15. The number of amides is 2. The summed E-state index contributed by atoms with van der Waals surface area (Å²) in [6.07, 6.45) is 5.59. The Morgan fingerprint density at radius 1 is 1.03 bits per heavy atom. The summed E-state index contributed by atoms with van der Waals surface area (Å²) in [5.74, 6) is 0.261. The molecular formula is C26H28N2O4. The van der Waals surface area contributed by atoms with Gasteiger partial charge in [-0.25, -0.2) is 0 Å². The van der Waals surface area contributed by atoms with E-state index in [0.29, 0.717) is 11.4 Å². The molecule has 1 aromatic heterocycles. The third kappa shape index (κ3) is 4.69. The standard InChI is InChI=1S/C26H28N2O4/c1-18-9-11-19(12-10-18)24(25(29)27-20-6-3-4-7-20)28(26(30)23-8-5-17-32-23)21-13-15-22(31-2)16-14-21/h5,8-17,20,24H,3-4,6-7H2,1-2H3,(H,27,29)/t24-/m1/s1. The Hall–Kier alpha value is -3.54. The van der Waals surface area contributed by atoms with Crippen molar-refractivity contribution in [1.82, 2.24) is 5.32 Å². The smallest absolute Gasteiger partial charge is 0.294 e. The SMILES string of the molecule is COc1ccc(N(C(=O)c2ccco2)[C@@H](C(=O)NC2CCCC2)c2ccc(C)cc2)cc1. The average molecular weight is 433 g/mol. The number of carbonyl (C=O) groups excluding carboxylic acids is 2. The summed E-state index contributed by atoms with van der Waals surface area (Å²) in [5, 5.41) is 3.18. The molecule has 3 aromatic rings. The van der Waals surface area contributed by atoms with E-state index < -0.39 is 6.04 Å². The number of nitrogens with zero attached hydrogens (tertiary/aromatic N) is 1. The molecule has 1 aliphatic rings. The summed E-state index contributed by atoms with van der Waals surface area (Å²) in [5.41, 5.74) is 2.40. The molecule has 1 N–H and O–H groups in total. The van der Waals surface area contributed by atoms with Crippen molar-refractivity contribution in [1.29, 1.82) is 0 Å². The highest BCUT2D eigenvalue weighted by molar-refractivity contribution is 6.08. The Labute approximate surface area is 188 Å². The molecule has 1 saturated carbocycles. The van der Waals surface area contributed by atoms with Gasteiger partial charge in [0, 0.05) is 11.7 Å². The topological polar surface area (TPSA) is 71.8 Å². The molecule has 0 saturated heterocycles. The largest absolute Gasteiger partial charge is 0.497 e. The number of carbonyl (C=O) groups is 2.